The number of unbranched alkanes of at least 4 members (excludes halogenated alkanes) is 1. The summed E-state index contributed by atoms with van der Waals surface area (Å²) in [5.41, 5.74) is 1.34. The van der Waals surface area contributed by atoms with Crippen LogP contribution in [0.5, 0.6) is 0 Å². The second-order valence-electron chi connectivity index (χ2n) is 3.25. The molecule has 1 aromatic carbocycles. The van der Waals surface area contributed by atoms with Crippen molar-refractivity contribution in [1.82, 2.24) is 0 Å². The third-order valence-electron chi connectivity index (χ3n) is 2.19. The van der Waals surface area contributed by atoms with Crippen molar-refractivity contribution in [2.75, 3.05) is 0 Å². The first-order chi connectivity index (χ1) is 6.88. The van der Waals surface area contributed by atoms with Gasteiger partial charge in [0.2, 0.25) is 0 Å². The normalized spacial score (nSPS) is 12.0. The van der Waals surface area contributed by atoms with Crippen LogP contribution in [-0.2, 0) is 0 Å². The van der Waals surface area contributed by atoms with Crippen LogP contribution in [-0.4, -0.2) is 15.0 Å². The van der Waals surface area contributed by atoms with Crippen LogP contribution in [0.3, 0.4) is 0 Å². The molecule has 0 spiro atoms. The topological polar surface area (TPSA) is 23.8 Å². The van der Waals surface area contributed by atoms with Gasteiger partial charge in [0, 0.05) is 0 Å². The zero-order valence-electron chi connectivity index (χ0n) is 8.44. The van der Waals surface area contributed by atoms with E-state index in [0.717, 1.165) is 6.42 Å². The molecule has 0 radical (unpaired) electrons. The van der Waals surface area contributed by atoms with Crippen molar-refractivity contribution in [1.29, 1.82) is 5.26 Å². The van der Waals surface area contributed by atoms with Crippen molar-refractivity contribution < 1.29 is 0 Å². The van der Waals surface area contributed by atoms with Crippen molar-refractivity contribution in [3.05, 3.63) is 35.9 Å². The molecule has 0 saturated heterocycles. The van der Waals surface area contributed by atoms with E-state index in [2.05, 4.69) is 36.2 Å². The Bertz CT molecular complexity index is 289. The van der Waals surface area contributed by atoms with Crippen LogP contribution in [0.2, 0.25) is 0 Å². The average Bonchev–Trinajstić information content (AvgIpc) is 2.25. The van der Waals surface area contributed by atoms with Crippen molar-refractivity contribution in [2.24, 2.45) is 0 Å². The molecular formula is C12H15NSe. The summed E-state index contributed by atoms with van der Waals surface area (Å²) in [6.07, 6.45) is 3.60. The molecule has 2 heteroatoms. The summed E-state index contributed by atoms with van der Waals surface area (Å²) in [7, 11) is 0. The van der Waals surface area contributed by atoms with Crippen molar-refractivity contribution in [3.63, 3.8) is 0 Å². The van der Waals surface area contributed by atoms with Crippen molar-refractivity contribution >= 4 is 15.0 Å². The Hall–Kier alpha value is -0.771. The van der Waals surface area contributed by atoms with Gasteiger partial charge >= 0.3 is 92.1 Å². The van der Waals surface area contributed by atoms with Crippen LogP contribution in [0.4, 0.5) is 0 Å². The number of benzene rings is 1. The fourth-order valence-electron chi connectivity index (χ4n) is 1.41. The van der Waals surface area contributed by atoms with Gasteiger partial charge in [-0.3, -0.25) is 0 Å². The SMILES string of the molecule is CCCCC([Se]C#N)c1ccccc1. The molecule has 14 heavy (non-hydrogen) atoms. The Morgan fingerprint density at radius 3 is 2.64 bits per heavy atom. The molecule has 0 fully saturated rings. The maximum atomic E-state index is 8.78. The second-order valence-corrected chi connectivity index (χ2v) is 5.32. The zero-order valence-corrected chi connectivity index (χ0v) is 10.2. The number of nitrogens with zero attached hydrogens (tertiary/aromatic N) is 1. The van der Waals surface area contributed by atoms with Gasteiger partial charge in [0.05, 0.1) is 0 Å². The van der Waals surface area contributed by atoms with Crippen LogP contribution in [0.25, 0.3) is 0 Å². The minimum atomic E-state index is 0.0938. The number of hydrogen-bond acceptors (Lipinski definition) is 1. The van der Waals surface area contributed by atoms with Crippen LogP contribution in [0, 0.1) is 10.2 Å². The Morgan fingerprint density at radius 1 is 1.36 bits per heavy atom. The predicted octanol–water partition coefficient (Wildman–Crippen LogP) is 3.10. The molecule has 0 saturated carbocycles. The monoisotopic (exact) mass is 253 g/mol. The van der Waals surface area contributed by atoms with Gasteiger partial charge in [-0.25, -0.2) is 0 Å². The van der Waals surface area contributed by atoms with E-state index in [0.29, 0.717) is 4.82 Å². The quantitative estimate of drug-likeness (QED) is 0.739. The standard InChI is InChI=1S/C12H15NSe/c1-2-3-9-12(14-10-13)11-7-5-4-6-8-11/h4-8,12H,2-3,9H2,1H3. The van der Waals surface area contributed by atoms with Gasteiger partial charge in [-0.15, -0.1) is 0 Å². The molecule has 0 aliphatic rings. The first-order valence-corrected chi connectivity index (χ1v) is 6.82. The summed E-state index contributed by atoms with van der Waals surface area (Å²) in [5, 5.41) is 8.78. The van der Waals surface area contributed by atoms with Gasteiger partial charge in [-0.2, -0.15) is 0 Å². The van der Waals surface area contributed by atoms with Crippen LogP contribution in [0.1, 0.15) is 36.6 Å². The minimum absolute atomic E-state index is 0.0938. The third-order valence-corrected chi connectivity index (χ3v) is 4.07. The van der Waals surface area contributed by atoms with Gasteiger partial charge in [0.25, 0.3) is 0 Å². The molecule has 1 unspecified atom stereocenters. The molecule has 1 atom stereocenters. The molecule has 0 aliphatic heterocycles. The van der Waals surface area contributed by atoms with E-state index in [1.807, 2.05) is 6.07 Å². The fraction of sp³-hybridized carbons (Fsp3) is 0.417. The second kappa shape index (κ2) is 6.65. The predicted molar refractivity (Wildman–Crippen MR) is 60.1 cm³/mol. The first kappa shape index (κ1) is 11.3. The van der Waals surface area contributed by atoms with Gasteiger partial charge in [-0.05, 0) is 0 Å². The summed E-state index contributed by atoms with van der Waals surface area (Å²) in [6, 6.07) is 10.4. The van der Waals surface area contributed by atoms with Gasteiger partial charge in [0.15, 0.2) is 0 Å². The average molecular weight is 252 g/mol. The Labute approximate surface area is 92.3 Å². The Balaban J connectivity index is 2.63. The zero-order chi connectivity index (χ0) is 10.2. The van der Waals surface area contributed by atoms with E-state index in [9.17, 15) is 0 Å². The Kier molecular flexibility index (Phi) is 5.37. The first-order valence-electron chi connectivity index (χ1n) is 4.98. The summed E-state index contributed by atoms with van der Waals surface area (Å²) < 4.78 is 0. The summed E-state index contributed by atoms with van der Waals surface area (Å²) in [4.78, 5) is 2.83. The van der Waals surface area contributed by atoms with E-state index in [1.54, 1.807) is 0 Å². The molecular weight excluding hydrogens is 237 g/mol. The molecule has 0 amide bonds. The van der Waals surface area contributed by atoms with E-state index in [4.69, 9.17) is 5.26 Å². The molecule has 0 N–H and O–H groups in total. The maximum absolute atomic E-state index is 8.78. The molecule has 0 bridgehead atoms. The van der Waals surface area contributed by atoms with E-state index in [-0.39, 0.29) is 15.0 Å². The fourth-order valence-corrected chi connectivity index (χ4v) is 2.89. The van der Waals surface area contributed by atoms with E-state index >= 15 is 0 Å². The van der Waals surface area contributed by atoms with Crippen LogP contribution >= 0.6 is 0 Å². The number of nitriles is 1. The van der Waals surface area contributed by atoms with Crippen molar-refractivity contribution in [2.45, 2.75) is 31.0 Å². The number of hydrogen-bond donors (Lipinski definition) is 0. The molecule has 1 aromatic rings. The summed E-state index contributed by atoms with van der Waals surface area (Å²) >= 11 is 0.0938. The number of rotatable bonds is 5. The van der Waals surface area contributed by atoms with Crippen LogP contribution < -0.4 is 0 Å². The molecule has 0 aliphatic carbocycles. The molecule has 0 heterocycles. The van der Waals surface area contributed by atoms with Gasteiger partial charge < -0.3 is 0 Å². The Morgan fingerprint density at radius 2 is 2.07 bits per heavy atom. The molecule has 1 rings (SSSR count). The van der Waals surface area contributed by atoms with Gasteiger partial charge in [0.1, 0.15) is 0 Å². The van der Waals surface area contributed by atoms with Crippen molar-refractivity contribution in [3.8, 4) is 4.97 Å². The summed E-state index contributed by atoms with van der Waals surface area (Å²) in [5.74, 6) is 0. The van der Waals surface area contributed by atoms with E-state index in [1.165, 1.54) is 18.4 Å². The molecule has 0 aromatic heterocycles. The molecule has 74 valence electrons. The summed E-state index contributed by atoms with van der Waals surface area (Å²) in [6.45, 7) is 2.20. The van der Waals surface area contributed by atoms with Crippen LogP contribution in [0.15, 0.2) is 30.3 Å². The van der Waals surface area contributed by atoms with E-state index < -0.39 is 0 Å². The van der Waals surface area contributed by atoms with Gasteiger partial charge in [-0.1, -0.05) is 0 Å². The molecule has 1 nitrogen and oxygen atoms in total. The third kappa shape index (κ3) is 3.54.